The zero-order valence-corrected chi connectivity index (χ0v) is 15.2. The molecule has 1 aliphatic heterocycles. The van der Waals surface area contributed by atoms with E-state index in [9.17, 15) is 9.59 Å². The third-order valence-corrected chi connectivity index (χ3v) is 4.64. The summed E-state index contributed by atoms with van der Waals surface area (Å²) in [7, 11) is 0. The van der Waals surface area contributed by atoms with Crippen molar-refractivity contribution >= 4 is 23.7 Å². The summed E-state index contributed by atoms with van der Waals surface area (Å²) in [5, 5.41) is 2.90. The zero-order chi connectivity index (χ0) is 18.5. The first kappa shape index (κ1) is 17.9. The van der Waals surface area contributed by atoms with Crippen molar-refractivity contribution in [3.63, 3.8) is 0 Å². The summed E-state index contributed by atoms with van der Waals surface area (Å²) in [6, 6.07) is 11.6. The molecular formula is C20H24N4O2. The Morgan fingerprint density at radius 3 is 2.42 bits per heavy atom. The number of amides is 2. The molecule has 1 aromatic heterocycles. The summed E-state index contributed by atoms with van der Waals surface area (Å²) in [5.41, 5.74) is 3.32. The van der Waals surface area contributed by atoms with Gasteiger partial charge >= 0.3 is 0 Å². The molecule has 0 saturated carbocycles. The molecule has 0 aliphatic carbocycles. The minimum absolute atomic E-state index is 0.226. The van der Waals surface area contributed by atoms with Crippen LogP contribution in [0.5, 0.6) is 0 Å². The molecule has 2 aromatic rings. The molecular weight excluding hydrogens is 328 g/mol. The maximum atomic E-state index is 12.5. The molecule has 0 bridgehead atoms. The van der Waals surface area contributed by atoms with Crippen LogP contribution in [-0.4, -0.2) is 48.4 Å². The van der Waals surface area contributed by atoms with Gasteiger partial charge in [-0.25, -0.2) is 0 Å². The lowest BCUT2D eigenvalue weighted by Crippen LogP contribution is -2.45. The van der Waals surface area contributed by atoms with Crippen LogP contribution in [0.3, 0.4) is 0 Å². The van der Waals surface area contributed by atoms with Crippen molar-refractivity contribution in [3.05, 3.63) is 53.9 Å². The molecule has 0 radical (unpaired) electrons. The minimum atomic E-state index is -0.226. The number of nitrogens with zero attached hydrogens (tertiary/aromatic N) is 3. The van der Waals surface area contributed by atoms with Crippen molar-refractivity contribution in [2.45, 2.75) is 19.8 Å². The number of nitrogens with one attached hydrogen (secondary N) is 1. The average molecular weight is 352 g/mol. The number of carbonyl (C=O) groups is 2. The first-order valence-electron chi connectivity index (χ1n) is 8.88. The lowest BCUT2D eigenvalue weighted by Gasteiger charge is -2.34. The fourth-order valence-corrected chi connectivity index (χ4v) is 2.97. The molecule has 1 aromatic carbocycles. The van der Waals surface area contributed by atoms with Crippen LogP contribution < -0.4 is 10.2 Å². The third kappa shape index (κ3) is 4.20. The molecule has 2 amide bonds. The van der Waals surface area contributed by atoms with E-state index >= 15 is 0 Å². The number of benzene rings is 1. The smallest absolute Gasteiger partial charge is 0.274 e. The molecule has 26 heavy (non-hydrogen) atoms. The molecule has 1 saturated heterocycles. The van der Waals surface area contributed by atoms with Crippen LogP contribution in [0.4, 0.5) is 11.4 Å². The number of pyridine rings is 1. The van der Waals surface area contributed by atoms with Gasteiger partial charge < -0.3 is 15.1 Å². The highest BCUT2D eigenvalue weighted by molar-refractivity contribution is 6.03. The van der Waals surface area contributed by atoms with Gasteiger partial charge in [0.1, 0.15) is 5.69 Å². The molecule has 6 nitrogen and oxygen atoms in total. The van der Waals surface area contributed by atoms with E-state index in [0.29, 0.717) is 24.7 Å². The van der Waals surface area contributed by atoms with Gasteiger partial charge in [0, 0.05) is 43.8 Å². The van der Waals surface area contributed by atoms with Crippen molar-refractivity contribution in [1.29, 1.82) is 0 Å². The van der Waals surface area contributed by atoms with Crippen LogP contribution in [-0.2, 0) is 4.79 Å². The monoisotopic (exact) mass is 352 g/mol. The highest BCUT2D eigenvalue weighted by atomic mass is 16.2. The molecule has 6 heteroatoms. The highest BCUT2D eigenvalue weighted by Gasteiger charge is 2.17. The van der Waals surface area contributed by atoms with E-state index in [-0.39, 0.29) is 5.91 Å². The van der Waals surface area contributed by atoms with Gasteiger partial charge in [-0.2, -0.15) is 0 Å². The standard InChI is InChI=1S/C20H24N4O2/c1-15(2)16-3-5-17(6-4-16)22-20(26)19-13-18(7-8-21-19)24-11-9-23(14-25)10-12-24/h3-8,13-15H,9-12H2,1-2H3,(H,22,26). The van der Waals surface area contributed by atoms with Gasteiger partial charge in [0.2, 0.25) is 6.41 Å². The Morgan fingerprint density at radius 2 is 1.81 bits per heavy atom. The number of rotatable bonds is 5. The maximum absolute atomic E-state index is 12.5. The van der Waals surface area contributed by atoms with Crippen molar-refractivity contribution in [1.82, 2.24) is 9.88 Å². The fourth-order valence-electron chi connectivity index (χ4n) is 2.97. The largest absolute Gasteiger partial charge is 0.368 e. The molecule has 0 atom stereocenters. The summed E-state index contributed by atoms with van der Waals surface area (Å²) in [5.74, 6) is 0.230. The second-order valence-corrected chi connectivity index (χ2v) is 6.76. The highest BCUT2D eigenvalue weighted by Crippen LogP contribution is 2.19. The van der Waals surface area contributed by atoms with Crippen LogP contribution in [0.25, 0.3) is 0 Å². The Balaban J connectivity index is 1.67. The first-order valence-corrected chi connectivity index (χ1v) is 8.88. The van der Waals surface area contributed by atoms with Gasteiger partial charge in [0.25, 0.3) is 5.91 Å². The molecule has 1 fully saturated rings. The number of aromatic nitrogens is 1. The quantitative estimate of drug-likeness (QED) is 0.841. The van der Waals surface area contributed by atoms with Crippen molar-refractivity contribution in [3.8, 4) is 0 Å². The van der Waals surface area contributed by atoms with Crippen LogP contribution in [0, 0.1) is 0 Å². The van der Waals surface area contributed by atoms with E-state index in [1.165, 1.54) is 5.56 Å². The number of anilines is 2. The van der Waals surface area contributed by atoms with Crippen LogP contribution in [0.1, 0.15) is 35.8 Å². The molecule has 0 spiro atoms. The van der Waals surface area contributed by atoms with E-state index in [4.69, 9.17) is 0 Å². The Bertz CT molecular complexity index is 766. The Morgan fingerprint density at radius 1 is 1.12 bits per heavy atom. The molecule has 0 unspecified atom stereocenters. The second kappa shape index (κ2) is 7.99. The Kier molecular flexibility index (Phi) is 5.51. The van der Waals surface area contributed by atoms with Gasteiger partial charge in [-0.05, 0) is 35.7 Å². The summed E-state index contributed by atoms with van der Waals surface area (Å²) >= 11 is 0. The number of carbonyl (C=O) groups excluding carboxylic acids is 2. The van der Waals surface area contributed by atoms with Crippen LogP contribution >= 0.6 is 0 Å². The van der Waals surface area contributed by atoms with Gasteiger partial charge in [0.15, 0.2) is 0 Å². The lowest BCUT2D eigenvalue weighted by molar-refractivity contribution is -0.118. The van der Waals surface area contributed by atoms with Gasteiger partial charge in [0.05, 0.1) is 0 Å². The number of hydrogen-bond acceptors (Lipinski definition) is 4. The predicted octanol–water partition coefficient (Wildman–Crippen LogP) is 2.74. The lowest BCUT2D eigenvalue weighted by atomic mass is 10.0. The van der Waals surface area contributed by atoms with E-state index in [0.717, 1.165) is 30.9 Å². The van der Waals surface area contributed by atoms with Crippen LogP contribution in [0.15, 0.2) is 42.6 Å². The maximum Gasteiger partial charge on any atom is 0.274 e. The summed E-state index contributed by atoms with van der Waals surface area (Å²) in [6.07, 6.45) is 2.53. The third-order valence-electron chi connectivity index (χ3n) is 4.64. The molecule has 2 heterocycles. The number of hydrogen-bond donors (Lipinski definition) is 1. The van der Waals surface area contributed by atoms with E-state index in [1.54, 1.807) is 17.2 Å². The first-order chi connectivity index (χ1) is 12.6. The normalized spacial score (nSPS) is 14.4. The number of piperazine rings is 1. The predicted molar refractivity (Wildman–Crippen MR) is 103 cm³/mol. The van der Waals surface area contributed by atoms with Crippen LogP contribution in [0.2, 0.25) is 0 Å². The molecule has 3 rings (SSSR count). The summed E-state index contributed by atoms with van der Waals surface area (Å²) < 4.78 is 0. The molecule has 1 aliphatic rings. The SMILES string of the molecule is CC(C)c1ccc(NC(=O)c2cc(N3CCN(C=O)CC3)ccn2)cc1. The van der Waals surface area contributed by atoms with Crippen molar-refractivity contribution in [2.24, 2.45) is 0 Å². The Hall–Kier alpha value is -2.89. The topological polar surface area (TPSA) is 65.5 Å². The van der Waals surface area contributed by atoms with Crippen molar-refractivity contribution < 1.29 is 9.59 Å². The van der Waals surface area contributed by atoms with E-state index in [1.807, 2.05) is 30.3 Å². The van der Waals surface area contributed by atoms with Gasteiger partial charge in [-0.1, -0.05) is 26.0 Å². The van der Waals surface area contributed by atoms with E-state index < -0.39 is 0 Å². The van der Waals surface area contributed by atoms with Gasteiger partial charge in [-0.15, -0.1) is 0 Å². The van der Waals surface area contributed by atoms with Crippen molar-refractivity contribution in [2.75, 3.05) is 36.4 Å². The minimum Gasteiger partial charge on any atom is -0.368 e. The second-order valence-electron chi connectivity index (χ2n) is 6.76. The fraction of sp³-hybridized carbons (Fsp3) is 0.350. The summed E-state index contributed by atoms with van der Waals surface area (Å²) in [6.45, 7) is 7.15. The average Bonchev–Trinajstić information content (AvgIpc) is 2.68. The molecule has 1 N–H and O–H groups in total. The van der Waals surface area contributed by atoms with Gasteiger partial charge in [-0.3, -0.25) is 14.6 Å². The van der Waals surface area contributed by atoms with E-state index in [2.05, 4.69) is 29.0 Å². The summed E-state index contributed by atoms with van der Waals surface area (Å²) in [4.78, 5) is 31.5. The Labute approximate surface area is 153 Å². The molecule has 136 valence electrons. The zero-order valence-electron chi connectivity index (χ0n) is 15.2.